The Morgan fingerprint density at radius 1 is 1.10 bits per heavy atom. The van der Waals surface area contributed by atoms with Gasteiger partial charge >= 0.3 is 5.97 Å². The number of carbonyl (C=O) groups is 1. The normalized spacial score (nSPS) is 49.4. The molecule has 8 atom stereocenters. The van der Waals surface area contributed by atoms with Gasteiger partial charge in [-0.1, -0.05) is 0 Å². The highest BCUT2D eigenvalue weighted by molar-refractivity contribution is 5.65. The van der Waals surface area contributed by atoms with E-state index in [4.69, 9.17) is 9.47 Å². The van der Waals surface area contributed by atoms with E-state index in [-0.39, 0.29) is 12.3 Å². The number of fused-ring (bicyclic) bond motifs is 9. The van der Waals surface area contributed by atoms with Crippen molar-refractivity contribution in [2.24, 2.45) is 41.4 Å². The summed E-state index contributed by atoms with van der Waals surface area (Å²) in [5.74, 6) is 6.56. The number of hydrogen-bond acceptors (Lipinski definition) is 3. The Balaban J connectivity index is 1.35. The number of ether oxygens (including phenoxy) is 2. The summed E-state index contributed by atoms with van der Waals surface area (Å²) < 4.78 is 10.8. The maximum atomic E-state index is 10.9. The van der Waals surface area contributed by atoms with Crippen LogP contribution in [0, 0.1) is 41.4 Å². The van der Waals surface area contributed by atoms with Crippen molar-refractivity contribution in [1.82, 2.24) is 0 Å². The van der Waals surface area contributed by atoms with Crippen LogP contribution in [0.25, 0.3) is 0 Å². The number of carbonyl (C=O) groups excluding carboxylic acids is 1. The summed E-state index contributed by atoms with van der Waals surface area (Å²) in [6.07, 6.45) is 6.97. The van der Waals surface area contributed by atoms with Gasteiger partial charge in [0.25, 0.3) is 0 Å². The van der Waals surface area contributed by atoms with Crippen LogP contribution in [-0.4, -0.2) is 18.9 Å². The van der Waals surface area contributed by atoms with Gasteiger partial charge in [-0.3, -0.25) is 4.79 Å². The van der Waals surface area contributed by atoms with Gasteiger partial charge < -0.3 is 9.47 Å². The third-order valence-corrected chi connectivity index (χ3v) is 6.75. The summed E-state index contributed by atoms with van der Waals surface area (Å²) in [6.45, 7) is 4.06. The molecule has 0 aromatic carbocycles. The van der Waals surface area contributed by atoms with Gasteiger partial charge in [-0.15, -0.1) is 0 Å². The molecular weight excluding hydrogens is 252 g/mol. The average Bonchev–Trinajstić information content (AvgIpc) is 3.13. The zero-order valence-corrected chi connectivity index (χ0v) is 12.6. The molecule has 0 aromatic heterocycles. The van der Waals surface area contributed by atoms with Gasteiger partial charge in [-0.25, -0.2) is 0 Å². The first-order chi connectivity index (χ1) is 9.63. The highest BCUT2D eigenvalue weighted by atomic mass is 16.7. The number of hydrogen-bond donors (Lipinski definition) is 0. The Hall–Kier alpha value is -0.570. The average molecular weight is 278 g/mol. The minimum absolute atomic E-state index is 0.251. The maximum absolute atomic E-state index is 10.9. The fourth-order valence-electron chi connectivity index (χ4n) is 6.42. The van der Waals surface area contributed by atoms with Gasteiger partial charge in [-0.05, 0) is 80.5 Å². The largest absolute Gasteiger partial charge is 0.436 e. The second-order valence-electron chi connectivity index (χ2n) is 7.65. The smallest absolute Gasteiger partial charge is 0.304 e. The summed E-state index contributed by atoms with van der Waals surface area (Å²) in [7, 11) is 0. The van der Waals surface area contributed by atoms with Gasteiger partial charge in [0.15, 0.2) is 6.29 Å². The van der Waals surface area contributed by atoms with Crippen LogP contribution < -0.4 is 0 Å². The van der Waals surface area contributed by atoms with Crippen LogP contribution in [0.3, 0.4) is 0 Å². The van der Waals surface area contributed by atoms with E-state index in [2.05, 4.69) is 0 Å². The molecule has 20 heavy (non-hydrogen) atoms. The topological polar surface area (TPSA) is 35.5 Å². The lowest BCUT2D eigenvalue weighted by atomic mass is 9.68. The van der Waals surface area contributed by atoms with E-state index < -0.39 is 0 Å². The molecule has 0 spiro atoms. The molecule has 3 nitrogen and oxygen atoms in total. The molecule has 8 unspecified atom stereocenters. The van der Waals surface area contributed by atoms with Crippen LogP contribution in [0.4, 0.5) is 0 Å². The van der Waals surface area contributed by atoms with Crippen LogP contribution >= 0.6 is 0 Å². The summed E-state index contributed by atoms with van der Waals surface area (Å²) in [4.78, 5) is 10.9. The molecular formula is C17H26O3. The molecule has 0 N–H and O–H groups in total. The van der Waals surface area contributed by atoms with Crippen LogP contribution in [0.1, 0.15) is 46.0 Å². The molecule has 0 amide bonds. The Morgan fingerprint density at radius 3 is 2.60 bits per heavy atom. The predicted octanol–water partition coefficient (Wildman–Crippen LogP) is 3.23. The lowest BCUT2D eigenvalue weighted by Crippen LogP contribution is -2.35. The Morgan fingerprint density at radius 2 is 1.85 bits per heavy atom. The van der Waals surface area contributed by atoms with Crippen LogP contribution in [0.2, 0.25) is 0 Å². The van der Waals surface area contributed by atoms with Crippen LogP contribution in [-0.2, 0) is 14.3 Å². The second-order valence-corrected chi connectivity index (χ2v) is 7.65. The van der Waals surface area contributed by atoms with Gasteiger partial charge in [0.1, 0.15) is 0 Å². The van der Waals surface area contributed by atoms with E-state index in [1.807, 2.05) is 6.92 Å². The monoisotopic (exact) mass is 278 g/mol. The Kier molecular flexibility index (Phi) is 3.10. The Labute approximate surface area is 121 Å². The first-order valence-corrected chi connectivity index (χ1v) is 8.42. The predicted molar refractivity (Wildman–Crippen MR) is 74.7 cm³/mol. The van der Waals surface area contributed by atoms with Crippen molar-refractivity contribution in [2.45, 2.75) is 52.2 Å². The standard InChI is InChI=1S/C17H26O3/c1-9(18)20-10(2)19-8-14-6-13-7-15(14)17-12-4-3-11(5-12)16(13)17/h10-17H,3-8H2,1-2H3. The van der Waals surface area contributed by atoms with E-state index in [1.165, 1.54) is 39.0 Å². The SMILES string of the molecule is CC(=O)OC(C)OCC1CC2CC1C1C3CCC(C3)C21. The van der Waals surface area contributed by atoms with Crippen molar-refractivity contribution < 1.29 is 14.3 Å². The quantitative estimate of drug-likeness (QED) is 0.450. The van der Waals surface area contributed by atoms with Gasteiger partial charge in [0, 0.05) is 6.92 Å². The molecule has 0 heterocycles. The molecule has 0 aromatic rings. The van der Waals surface area contributed by atoms with Crippen molar-refractivity contribution in [2.75, 3.05) is 6.61 Å². The highest BCUT2D eigenvalue weighted by Crippen LogP contribution is 2.68. The molecule has 4 saturated carbocycles. The number of rotatable bonds is 4. The third kappa shape index (κ3) is 1.93. The summed E-state index contributed by atoms with van der Waals surface area (Å²) in [5.41, 5.74) is 0. The highest BCUT2D eigenvalue weighted by Gasteiger charge is 2.62. The van der Waals surface area contributed by atoms with Gasteiger partial charge in [-0.2, -0.15) is 0 Å². The first kappa shape index (κ1) is 13.1. The van der Waals surface area contributed by atoms with E-state index in [0.717, 1.165) is 48.0 Å². The van der Waals surface area contributed by atoms with Crippen molar-refractivity contribution in [3.05, 3.63) is 0 Å². The molecule has 4 aliphatic rings. The van der Waals surface area contributed by atoms with E-state index >= 15 is 0 Å². The lowest BCUT2D eigenvalue weighted by molar-refractivity contribution is -0.176. The Bertz CT molecular complexity index is 407. The van der Waals surface area contributed by atoms with E-state index in [9.17, 15) is 4.79 Å². The summed E-state index contributed by atoms with van der Waals surface area (Å²) in [5, 5.41) is 0. The maximum Gasteiger partial charge on any atom is 0.304 e. The van der Waals surface area contributed by atoms with Crippen molar-refractivity contribution in [1.29, 1.82) is 0 Å². The molecule has 0 aliphatic heterocycles. The van der Waals surface area contributed by atoms with Gasteiger partial charge in [0.2, 0.25) is 0 Å². The van der Waals surface area contributed by atoms with Gasteiger partial charge in [0.05, 0.1) is 6.61 Å². The fraction of sp³-hybridized carbons (Fsp3) is 0.941. The van der Waals surface area contributed by atoms with E-state index in [1.54, 1.807) is 0 Å². The fourth-order valence-corrected chi connectivity index (χ4v) is 6.42. The van der Waals surface area contributed by atoms with Crippen LogP contribution in [0.5, 0.6) is 0 Å². The van der Waals surface area contributed by atoms with E-state index in [0.29, 0.717) is 0 Å². The molecule has 112 valence electrons. The molecule has 4 bridgehead atoms. The molecule has 4 fully saturated rings. The zero-order chi connectivity index (χ0) is 13.9. The molecule has 4 rings (SSSR count). The minimum Gasteiger partial charge on any atom is -0.436 e. The van der Waals surface area contributed by atoms with Crippen LogP contribution in [0.15, 0.2) is 0 Å². The first-order valence-electron chi connectivity index (χ1n) is 8.42. The van der Waals surface area contributed by atoms with Crippen molar-refractivity contribution in [3.8, 4) is 0 Å². The van der Waals surface area contributed by atoms with Crippen molar-refractivity contribution in [3.63, 3.8) is 0 Å². The zero-order valence-electron chi connectivity index (χ0n) is 12.6. The number of esters is 1. The minimum atomic E-state index is -0.387. The molecule has 0 radical (unpaired) electrons. The summed E-state index contributed by atoms with van der Waals surface area (Å²) >= 11 is 0. The molecule has 4 aliphatic carbocycles. The summed E-state index contributed by atoms with van der Waals surface area (Å²) in [6, 6.07) is 0. The van der Waals surface area contributed by atoms with Crippen molar-refractivity contribution >= 4 is 5.97 Å². The molecule has 0 saturated heterocycles. The lowest BCUT2D eigenvalue weighted by Gasteiger charge is -2.38. The third-order valence-electron chi connectivity index (χ3n) is 6.75. The molecule has 3 heteroatoms. The second kappa shape index (κ2) is 4.72.